The van der Waals surface area contributed by atoms with Gasteiger partial charge < -0.3 is 18.9 Å². The van der Waals surface area contributed by atoms with E-state index in [1.54, 1.807) is 28.4 Å². The summed E-state index contributed by atoms with van der Waals surface area (Å²) in [4.78, 5) is 0. The Morgan fingerprint density at radius 1 is 0.792 bits per heavy atom. The molecular weight excluding hydrogens is 308 g/mol. The molecule has 5 nitrogen and oxygen atoms in total. The maximum atomic E-state index is 11.1. The van der Waals surface area contributed by atoms with Crippen LogP contribution in [0.25, 0.3) is 0 Å². The Hall–Kier alpha value is -2.40. The summed E-state index contributed by atoms with van der Waals surface area (Å²) in [6.07, 6.45) is 0.597. The van der Waals surface area contributed by atoms with Crippen molar-refractivity contribution in [1.82, 2.24) is 0 Å². The van der Waals surface area contributed by atoms with E-state index in [-0.39, 0.29) is 6.61 Å². The Morgan fingerprint density at radius 3 is 1.88 bits per heavy atom. The van der Waals surface area contributed by atoms with Crippen LogP contribution in [0.5, 0.6) is 23.0 Å². The van der Waals surface area contributed by atoms with Gasteiger partial charge in [-0.15, -0.1) is 0 Å². The predicted molar refractivity (Wildman–Crippen MR) is 91.0 cm³/mol. The summed E-state index contributed by atoms with van der Waals surface area (Å²) >= 11 is 0. The third kappa shape index (κ3) is 3.26. The van der Waals surface area contributed by atoms with Gasteiger partial charge in [-0.25, -0.2) is 5.11 Å². The van der Waals surface area contributed by atoms with Gasteiger partial charge in [-0.2, -0.15) is 0 Å². The summed E-state index contributed by atoms with van der Waals surface area (Å²) in [5, 5.41) is 11.1. The minimum atomic E-state index is -0.237. The summed E-state index contributed by atoms with van der Waals surface area (Å²) in [6.45, 7) is 1.72. The highest BCUT2D eigenvalue weighted by molar-refractivity contribution is 5.67. The smallest absolute Gasteiger partial charge is 0.207 e. The molecule has 1 radical (unpaired) electrons. The van der Waals surface area contributed by atoms with E-state index in [0.717, 1.165) is 22.3 Å². The predicted octanol–water partition coefficient (Wildman–Crippen LogP) is 3.55. The molecule has 0 bridgehead atoms. The highest BCUT2D eigenvalue weighted by atomic mass is 16.5. The highest BCUT2D eigenvalue weighted by Gasteiger charge is 2.25. The van der Waals surface area contributed by atoms with Crippen LogP contribution in [0, 0.1) is 6.92 Å². The zero-order chi connectivity index (χ0) is 17.7. The molecule has 2 aromatic rings. The average molecular weight is 331 g/mol. The number of methoxy groups -OCH3 is 4. The first-order valence-electron chi connectivity index (χ1n) is 7.62. The largest absolute Gasteiger partial charge is 0.492 e. The lowest BCUT2D eigenvalue weighted by atomic mass is 9.96. The molecular formula is C19H23O5. The van der Waals surface area contributed by atoms with Crippen LogP contribution in [0.2, 0.25) is 0 Å². The molecule has 5 heteroatoms. The van der Waals surface area contributed by atoms with Gasteiger partial charge in [0.15, 0.2) is 11.5 Å². The summed E-state index contributed by atoms with van der Waals surface area (Å²) < 4.78 is 22.1. The van der Waals surface area contributed by atoms with Crippen LogP contribution < -0.4 is 18.9 Å². The molecule has 0 aliphatic heterocycles. The number of ether oxygens (including phenoxy) is 4. The van der Waals surface area contributed by atoms with Crippen LogP contribution in [0.4, 0.5) is 0 Å². The lowest BCUT2D eigenvalue weighted by molar-refractivity contribution is 0.177. The Kier molecular flexibility index (Phi) is 5.93. The van der Waals surface area contributed by atoms with Crippen molar-refractivity contribution < 1.29 is 24.1 Å². The maximum absolute atomic E-state index is 11.1. The molecule has 2 rings (SSSR count). The molecule has 24 heavy (non-hydrogen) atoms. The molecule has 0 atom stereocenters. The van der Waals surface area contributed by atoms with E-state index in [4.69, 9.17) is 18.9 Å². The van der Waals surface area contributed by atoms with Gasteiger partial charge in [-0.1, -0.05) is 24.3 Å². The van der Waals surface area contributed by atoms with Crippen LogP contribution in [0.3, 0.4) is 0 Å². The van der Waals surface area contributed by atoms with E-state index >= 15 is 0 Å². The third-order valence-electron chi connectivity index (χ3n) is 4.04. The summed E-state index contributed by atoms with van der Waals surface area (Å²) in [6, 6.07) is 7.62. The number of hydrogen-bond acceptors (Lipinski definition) is 4. The van der Waals surface area contributed by atoms with Gasteiger partial charge in [0.2, 0.25) is 11.5 Å². The second-order valence-corrected chi connectivity index (χ2v) is 5.38. The summed E-state index contributed by atoms with van der Waals surface area (Å²) in [5.41, 5.74) is 3.64. The Morgan fingerprint density at radius 2 is 1.33 bits per heavy atom. The second kappa shape index (κ2) is 7.93. The molecule has 129 valence electrons. The molecule has 0 aromatic heterocycles. The third-order valence-corrected chi connectivity index (χ3v) is 4.04. The van der Waals surface area contributed by atoms with E-state index in [0.29, 0.717) is 29.4 Å². The van der Waals surface area contributed by atoms with E-state index < -0.39 is 0 Å². The fraction of sp³-hybridized carbons (Fsp3) is 0.368. The molecule has 0 aliphatic rings. The van der Waals surface area contributed by atoms with Crippen LogP contribution >= 0.6 is 0 Å². The molecule has 0 heterocycles. The minimum absolute atomic E-state index is 0.237. The summed E-state index contributed by atoms with van der Waals surface area (Å²) in [5.74, 6) is 2.23. The first kappa shape index (κ1) is 17.9. The number of benzene rings is 2. The Bertz CT molecular complexity index is 709. The standard InChI is InChI=1S/C19H23O5/c1-12-15(10-13-7-6-8-14(9-13)11-20)17(22-3)19(24-5)18(23-4)16(12)21-2/h6-9H,10-11H2,1-5H3. The summed E-state index contributed by atoms with van der Waals surface area (Å²) in [7, 11) is 6.33. The molecule has 0 amide bonds. The zero-order valence-electron chi connectivity index (χ0n) is 14.8. The quantitative estimate of drug-likeness (QED) is 0.778. The fourth-order valence-electron chi connectivity index (χ4n) is 2.90. The van der Waals surface area contributed by atoms with Crippen LogP contribution in [0.15, 0.2) is 24.3 Å². The topological polar surface area (TPSA) is 56.8 Å². The van der Waals surface area contributed by atoms with Crippen molar-refractivity contribution in [3.05, 3.63) is 46.5 Å². The van der Waals surface area contributed by atoms with E-state index in [9.17, 15) is 5.11 Å². The first-order valence-corrected chi connectivity index (χ1v) is 7.62. The van der Waals surface area contributed by atoms with Crippen molar-refractivity contribution in [1.29, 1.82) is 0 Å². The van der Waals surface area contributed by atoms with Gasteiger partial charge in [-0.3, -0.25) is 0 Å². The maximum Gasteiger partial charge on any atom is 0.207 e. The average Bonchev–Trinajstić information content (AvgIpc) is 2.62. The van der Waals surface area contributed by atoms with Gasteiger partial charge >= 0.3 is 0 Å². The highest BCUT2D eigenvalue weighted by Crippen LogP contribution is 2.49. The van der Waals surface area contributed by atoms with Crippen molar-refractivity contribution in [2.24, 2.45) is 0 Å². The van der Waals surface area contributed by atoms with Gasteiger partial charge in [0.25, 0.3) is 0 Å². The SMILES string of the molecule is COc1c(C)c(Cc2cccc(C[O])c2)c(OC)c(OC)c1OC. The second-order valence-electron chi connectivity index (χ2n) is 5.38. The molecule has 0 saturated carbocycles. The normalized spacial score (nSPS) is 10.4. The van der Waals surface area contributed by atoms with E-state index in [1.807, 2.05) is 31.2 Å². The molecule has 0 fully saturated rings. The zero-order valence-corrected chi connectivity index (χ0v) is 14.8. The van der Waals surface area contributed by atoms with Crippen LogP contribution in [0.1, 0.15) is 22.3 Å². The molecule has 0 saturated heterocycles. The molecule has 0 spiro atoms. The molecule has 0 N–H and O–H groups in total. The van der Waals surface area contributed by atoms with Crippen molar-refractivity contribution >= 4 is 0 Å². The van der Waals surface area contributed by atoms with Gasteiger partial charge in [0.05, 0.1) is 28.4 Å². The van der Waals surface area contributed by atoms with Gasteiger partial charge in [0, 0.05) is 17.5 Å². The molecule has 0 aliphatic carbocycles. The molecule has 2 aromatic carbocycles. The van der Waals surface area contributed by atoms with Crippen molar-refractivity contribution in [2.75, 3.05) is 28.4 Å². The van der Waals surface area contributed by atoms with Gasteiger partial charge in [-0.05, 0) is 18.1 Å². The number of hydrogen-bond donors (Lipinski definition) is 0. The van der Waals surface area contributed by atoms with E-state index in [2.05, 4.69) is 0 Å². The van der Waals surface area contributed by atoms with Crippen molar-refractivity contribution in [3.63, 3.8) is 0 Å². The van der Waals surface area contributed by atoms with Gasteiger partial charge in [0.1, 0.15) is 6.61 Å². The van der Waals surface area contributed by atoms with Crippen LogP contribution in [-0.4, -0.2) is 28.4 Å². The minimum Gasteiger partial charge on any atom is -0.492 e. The molecule has 0 unspecified atom stereocenters. The van der Waals surface area contributed by atoms with E-state index in [1.165, 1.54) is 0 Å². The number of rotatable bonds is 7. The van der Waals surface area contributed by atoms with Crippen LogP contribution in [-0.2, 0) is 18.1 Å². The Labute approximate surface area is 142 Å². The van der Waals surface area contributed by atoms with Crippen molar-refractivity contribution in [2.45, 2.75) is 20.0 Å². The lowest BCUT2D eigenvalue weighted by Crippen LogP contribution is -2.05. The van der Waals surface area contributed by atoms with Crippen molar-refractivity contribution in [3.8, 4) is 23.0 Å². The fourth-order valence-corrected chi connectivity index (χ4v) is 2.90. The monoisotopic (exact) mass is 331 g/mol. The Balaban J connectivity index is 2.63. The lowest BCUT2D eigenvalue weighted by Gasteiger charge is -2.21. The first-order chi connectivity index (χ1) is 11.6.